The van der Waals surface area contributed by atoms with Crippen LogP contribution in [-0.2, 0) is 0 Å². The molecule has 8 nitrogen and oxygen atoms in total. The zero-order chi connectivity index (χ0) is 15.6. The Labute approximate surface area is 130 Å². The largest absolute Gasteiger partial charge is 0.383 e. The van der Waals surface area contributed by atoms with E-state index in [1.54, 1.807) is 0 Å². The molecule has 1 saturated heterocycles. The first-order chi connectivity index (χ1) is 10.1. The highest BCUT2D eigenvalue weighted by atomic mass is 79.9. The van der Waals surface area contributed by atoms with Crippen molar-refractivity contribution in [3.8, 4) is 0 Å². The summed E-state index contributed by atoms with van der Waals surface area (Å²) < 4.78 is 1.90. The maximum Gasteiger partial charge on any atom is 0.333 e. The van der Waals surface area contributed by atoms with Gasteiger partial charge >= 0.3 is 5.69 Å². The first-order valence-corrected chi connectivity index (χ1v) is 7.61. The molecule has 9 heteroatoms. The Morgan fingerprint density at radius 1 is 1.38 bits per heavy atom. The average molecular weight is 357 g/mol. The van der Waals surface area contributed by atoms with Crippen molar-refractivity contribution in [3.63, 3.8) is 0 Å². The van der Waals surface area contributed by atoms with Gasteiger partial charge in [0.15, 0.2) is 0 Å². The van der Waals surface area contributed by atoms with Crippen LogP contribution in [0.2, 0.25) is 0 Å². The fraction of sp³-hybridized carbons (Fsp3) is 0.500. The molecule has 2 N–H and O–H groups in total. The van der Waals surface area contributed by atoms with Crippen molar-refractivity contribution >= 4 is 38.9 Å². The molecule has 1 aliphatic rings. The molecule has 0 amide bonds. The van der Waals surface area contributed by atoms with E-state index in [2.05, 4.69) is 30.9 Å². The van der Waals surface area contributed by atoms with Gasteiger partial charge < -0.3 is 10.6 Å². The lowest BCUT2D eigenvalue weighted by atomic mass is 10.4. The number of nitro groups is 1. The molecule has 2 aromatic rings. The van der Waals surface area contributed by atoms with Gasteiger partial charge in [-0.2, -0.15) is 9.61 Å². The molecule has 0 spiro atoms. The van der Waals surface area contributed by atoms with E-state index in [4.69, 9.17) is 5.73 Å². The first-order valence-electron chi connectivity index (χ1n) is 6.81. The number of nitrogens with two attached hydrogens (primary N) is 1. The summed E-state index contributed by atoms with van der Waals surface area (Å²) in [7, 11) is 0. The molecule has 3 heterocycles. The average Bonchev–Trinajstić information content (AvgIpc) is 3.13. The summed E-state index contributed by atoms with van der Waals surface area (Å²) in [6.45, 7) is 5.76. The summed E-state index contributed by atoms with van der Waals surface area (Å²) in [6.07, 6.45) is 3.33. The Bertz CT molecular complexity index is 665. The van der Waals surface area contributed by atoms with Crippen molar-refractivity contribution in [2.75, 3.05) is 23.7 Å². The second kappa shape index (κ2) is 6.25. The summed E-state index contributed by atoms with van der Waals surface area (Å²) in [5, 5.41) is 14.9. The van der Waals surface area contributed by atoms with E-state index in [0.29, 0.717) is 16.1 Å². The van der Waals surface area contributed by atoms with E-state index in [-0.39, 0.29) is 11.3 Å². The molecule has 0 saturated carbocycles. The van der Waals surface area contributed by atoms with Crippen molar-refractivity contribution < 1.29 is 4.92 Å². The van der Waals surface area contributed by atoms with Gasteiger partial charge in [0.25, 0.3) is 0 Å². The molecule has 0 bridgehead atoms. The van der Waals surface area contributed by atoms with Crippen molar-refractivity contribution in [2.24, 2.45) is 0 Å². The number of aromatic nitrogens is 3. The molecule has 1 aliphatic heterocycles. The Kier molecular flexibility index (Phi) is 4.61. The Morgan fingerprint density at radius 2 is 2.00 bits per heavy atom. The topological polar surface area (TPSA) is 103 Å². The number of hydrogen-bond donors (Lipinski definition) is 1. The summed E-state index contributed by atoms with van der Waals surface area (Å²) in [5.74, 6) is 0.964. The predicted molar refractivity (Wildman–Crippen MR) is 84.5 cm³/mol. The van der Waals surface area contributed by atoms with Gasteiger partial charge in [0.05, 0.1) is 4.92 Å². The summed E-state index contributed by atoms with van der Waals surface area (Å²) >= 11 is 3.40. The molecular weight excluding hydrogens is 340 g/mol. The van der Waals surface area contributed by atoms with Crippen LogP contribution in [0.1, 0.15) is 26.7 Å². The molecule has 1 fully saturated rings. The second-order valence-electron chi connectivity index (χ2n) is 4.35. The van der Waals surface area contributed by atoms with E-state index in [1.165, 1.54) is 10.7 Å². The maximum absolute atomic E-state index is 11.0. The minimum atomic E-state index is -0.504. The smallest absolute Gasteiger partial charge is 0.333 e. The molecule has 0 radical (unpaired) electrons. The molecule has 0 unspecified atom stereocenters. The van der Waals surface area contributed by atoms with E-state index >= 15 is 0 Å². The van der Waals surface area contributed by atoms with E-state index in [1.807, 2.05) is 13.8 Å². The van der Waals surface area contributed by atoms with Crippen LogP contribution < -0.4 is 10.6 Å². The second-order valence-corrected chi connectivity index (χ2v) is 5.14. The number of halogens is 1. The number of rotatable bonds is 2. The molecule has 114 valence electrons. The van der Waals surface area contributed by atoms with Gasteiger partial charge in [0.1, 0.15) is 22.3 Å². The molecule has 0 aromatic carbocycles. The minimum Gasteiger partial charge on any atom is -0.383 e. The van der Waals surface area contributed by atoms with Crippen molar-refractivity contribution in [1.82, 2.24) is 14.6 Å². The van der Waals surface area contributed by atoms with Crippen LogP contribution in [0.25, 0.3) is 5.65 Å². The monoisotopic (exact) mass is 356 g/mol. The first kappa shape index (κ1) is 15.5. The van der Waals surface area contributed by atoms with Crippen LogP contribution in [0.15, 0.2) is 10.7 Å². The van der Waals surface area contributed by atoms with Gasteiger partial charge in [-0.15, -0.1) is 0 Å². The van der Waals surface area contributed by atoms with Crippen LogP contribution in [0.3, 0.4) is 0 Å². The van der Waals surface area contributed by atoms with E-state index < -0.39 is 4.92 Å². The molecule has 0 atom stereocenters. The van der Waals surface area contributed by atoms with E-state index in [9.17, 15) is 10.1 Å². The number of hydrogen-bond acceptors (Lipinski definition) is 6. The number of nitrogens with zero attached hydrogens (tertiary/aromatic N) is 5. The van der Waals surface area contributed by atoms with Gasteiger partial charge in [-0.3, -0.25) is 10.1 Å². The van der Waals surface area contributed by atoms with Crippen LogP contribution in [-0.4, -0.2) is 32.6 Å². The van der Waals surface area contributed by atoms with Crippen LogP contribution in [0, 0.1) is 10.1 Å². The zero-order valence-corrected chi connectivity index (χ0v) is 13.5. The molecule has 21 heavy (non-hydrogen) atoms. The normalized spacial score (nSPS) is 14.1. The summed E-state index contributed by atoms with van der Waals surface area (Å²) in [4.78, 5) is 16.9. The van der Waals surface area contributed by atoms with Crippen molar-refractivity contribution in [3.05, 3.63) is 20.8 Å². The van der Waals surface area contributed by atoms with Crippen LogP contribution >= 0.6 is 15.9 Å². The fourth-order valence-corrected chi connectivity index (χ4v) is 2.75. The molecule has 3 rings (SSSR count). The van der Waals surface area contributed by atoms with E-state index in [0.717, 1.165) is 25.9 Å². The fourth-order valence-electron chi connectivity index (χ4n) is 2.24. The van der Waals surface area contributed by atoms with Gasteiger partial charge in [0.2, 0.25) is 5.65 Å². The highest BCUT2D eigenvalue weighted by molar-refractivity contribution is 9.10. The van der Waals surface area contributed by atoms with Crippen LogP contribution in [0.4, 0.5) is 17.3 Å². The third-order valence-electron chi connectivity index (χ3n) is 3.19. The third-order valence-corrected chi connectivity index (χ3v) is 3.95. The lowest BCUT2D eigenvalue weighted by Gasteiger charge is -2.18. The number of nitrogen functional groups attached to an aromatic ring is 1. The number of fused-ring (bicyclic) bond motifs is 1. The lowest BCUT2D eigenvalue weighted by molar-refractivity contribution is -0.383. The zero-order valence-electron chi connectivity index (χ0n) is 11.9. The molecular formula is C12H17BrN6O2. The van der Waals surface area contributed by atoms with Gasteiger partial charge in [-0.25, -0.2) is 4.98 Å². The lowest BCUT2D eigenvalue weighted by Crippen LogP contribution is -2.21. The maximum atomic E-state index is 11.0. The summed E-state index contributed by atoms with van der Waals surface area (Å²) in [5.41, 5.74) is 6.00. The Morgan fingerprint density at radius 3 is 2.57 bits per heavy atom. The SMILES string of the molecule is CC.Nc1c(Br)c(N2CCCC2)nc2c([N+](=O)[O-])cnn12. The quantitative estimate of drug-likeness (QED) is 0.655. The minimum absolute atomic E-state index is 0.139. The van der Waals surface area contributed by atoms with Gasteiger partial charge in [-0.1, -0.05) is 13.8 Å². The molecule has 0 aliphatic carbocycles. The van der Waals surface area contributed by atoms with Crippen molar-refractivity contribution in [2.45, 2.75) is 26.7 Å². The molecule has 2 aromatic heterocycles. The highest BCUT2D eigenvalue weighted by Gasteiger charge is 2.25. The Hall–Kier alpha value is -1.90. The van der Waals surface area contributed by atoms with Gasteiger partial charge in [-0.05, 0) is 28.8 Å². The Balaban J connectivity index is 0.000000774. The van der Waals surface area contributed by atoms with Crippen LogP contribution in [0.5, 0.6) is 0 Å². The predicted octanol–water partition coefficient (Wildman–Crippen LogP) is 2.61. The standard InChI is InChI=1S/C10H11BrN6O2.C2H6/c11-7-8(12)16-9(6(5-13-16)17(18)19)14-10(7)15-3-1-2-4-15;1-2/h5H,1-4,12H2;1-2H3. The highest BCUT2D eigenvalue weighted by Crippen LogP contribution is 2.34. The van der Waals surface area contributed by atoms with Gasteiger partial charge in [0, 0.05) is 13.1 Å². The number of anilines is 2. The third kappa shape index (κ3) is 2.65. The summed E-state index contributed by atoms with van der Waals surface area (Å²) in [6, 6.07) is 0. The van der Waals surface area contributed by atoms with Crippen molar-refractivity contribution in [1.29, 1.82) is 0 Å².